The molecule has 0 bridgehead atoms. The Labute approximate surface area is 304 Å². The average Bonchev–Trinajstić information content (AvgIpc) is 3.44. The molecule has 2 fully saturated rings. The van der Waals surface area contributed by atoms with E-state index in [2.05, 4.69) is 15.3 Å². The molecule has 4 N–H and O–H groups in total. The van der Waals surface area contributed by atoms with Gasteiger partial charge in [0.2, 0.25) is 12.3 Å². The number of fused-ring (bicyclic) bond motifs is 1. The number of likely N-dealkylation sites (tertiary alicyclic amines) is 2. The molecule has 2 aliphatic rings. The molecule has 51 heavy (non-hydrogen) atoms. The van der Waals surface area contributed by atoms with Gasteiger partial charge in [0, 0.05) is 43.5 Å². The number of H-pyrrole nitrogens is 1. The van der Waals surface area contributed by atoms with E-state index >= 15 is 0 Å². The lowest BCUT2D eigenvalue weighted by atomic mass is 9.93. The summed E-state index contributed by atoms with van der Waals surface area (Å²) in [6.45, 7) is 19.8. The number of likely N-dealkylation sites (N-methyl/N-ethyl adjacent to an activating group) is 1. The quantitative estimate of drug-likeness (QED) is 0.174. The van der Waals surface area contributed by atoms with Crippen LogP contribution in [0.5, 0.6) is 0 Å². The zero-order chi connectivity index (χ0) is 38.9. The maximum absolute atomic E-state index is 14.2. The third kappa shape index (κ3) is 13.7. The molecule has 2 aliphatic heterocycles. The van der Waals surface area contributed by atoms with Crippen LogP contribution in [-0.2, 0) is 9.59 Å². The van der Waals surface area contributed by atoms with Crippen molar-refractivity contribution >= 4 is 23.5 Å². The number of piperidine rings is 1. The number of amides is 2. The molecule has 2 amide bonds. The summed E-state index contributed by atoms with van der Waals surface area (Å²) in [7, 11) is 1.73. The lowest BCUT2D eigenvalue weighted by Gasteiger charge is -2.29. The number of nitrogens with zero attached hydrogens (tertiary/aromatic N) is 4. The van der Waals surface area contributed by atoms with E-state index in [1.54, 1.807) is 45.8 Å². The van der Waals surface area contributed by atoms with Crippen molar-refractivity contribution in [2.75, 3.05) is 33.2 Å². The van der Waals surface area contributed by atoms with Crippen LogP contribution in [-0.4, -0.2) is 75.9 Å². The number of imidazole rings is 1. The Kier molecular flexibility index (Phi) is 24.2. The first-order chi connectivity index (χ1) is 24.8. The number of carbonyl (C=O) groups excluding carboxylic acids is 2. The molecule has 0 spiro atoms. The number of carbonyl (C=O) groups is 2. The van der Waals surface area contributed by atoms with Gasteiger partial charge in [-0.15, -0.1) is 0 Å². The van der Waals surface area contributed by atoms with E-state index in [9.17, 15) is 23.2 Å². The summed E-state index contributed by atoms with van der Waals surface area (Å²) < 4.78 is 29.6. The topological polar surface area (TPSA) is 129 Å². The zero-order valence-electron chi connectivity index (χ0n) is 32.5. The van der Waals surface area contributed by atoms with Crippen LogP contribution in [0.4, 0.5) is 8.78 Å². The van der Waals surface area contributed by atoms with Crippen molar-refractivity contribution in [1.29, 1.82) is 0 Å². The number of hydrogen-bond acceptors (Lipinski definition) is 6. The SMILES string of the molecule is C/C=C\C=C(/N)CN1CC(c2cccc(F)c2F)CCC(NC)C1=O.CC.CC.CC.CC.O=CN1CCC(n2c(=O)[nH]c3ncccc32)CC1. The molecular formula is C39H63F2N7O3. The lowest BCUT2D eigenvalue weighted by molar-refractivity contribution is -0.132. The van der Waals surface area contributed by atoms with Gasteiger partial charge in [-0.05, 0) is 69.5 Å². The van der Waals surface area contributed by atoms with E-state index in [0.717, 1.165) is 30.8 Å². The van der Waals surface area contributed by atoms with Crippen molar-refractivity contribution in [3.05, 3.63) is 88.1 Å². The van der Waals surface area contributed by atoms with Crippen LogP contribution in [0.25, 0.3) is 11.2 Å². The molecule has 286 valence electrons. The number of benzene rings is 1. The normalized spacial score (nSPS) is 17.6. The zero-order valence-corrected chi connectivity index (χ0v) is 32.5. The predicted molar refractivity (Wildman–Crippen MR) is 206 cm³/mol. The van der Waals surface area contributed by atoms with Crippen LogP contribution in [0.1, 0.15) is 106 Å². The summed E-state index contributed by atoms with van der Waals surface area (Å²) in [6, 6.07) is 7.71. The minimum Gasteiger partial charge on any atom is -0.401 e. The van der Waals surface area contributed by atoms with Crippen molar-refractivity contribution in [1.82, 2.24) is 29.7 Å². The van der Waals surface area contributed by atoms with E-state index in [1.807, 2.05) is 80.5 Å². The van der Waals surface area contributed by atoms with E-state index in [4.69, 9.17) is 5.73 Å². The van der Waals surface area contributed by atoms with Gasteiger partial charge in [-0.3, -0.25) is 19.1 Å². The van der Waals surface area contributed by atoms with Gasteiger partial charge in [0.25, 0.3) is 0 Å². The molecule has 10 nitrogen and oxygen atoms in total. The largest absolute Gasteiger partial charge is 0.401 e. The maximum Gasteiger partial charge on any atom is 0.327 e. The number of hydrogen-bond donors (Lipinski definition) is 3. The Balaban J connectivity index is 0.000000844. The molecule has 4 heterocycles. The summed E-state index contributed by atoms with van der Waals surface area (Å²) in [4.78, 5) is 45.6. The fourth-order valence-corrected chi connectivity index (χ4v) is 5.72. The summed E-state index contributed by atoms with van der Waals surface area (Å²) in [5, 5.41) is 3.00. The standard InChI is InChI=1S/C19H25F2N3O.C12H14N4O2.4C2H6/c1-3-4-6-14(22)12-24-11-13(9-10-17(23-2)19(24)25)15-7-5-8-16(20)18(15)21;17-8-15-6-3-9(4-7-15)16-10-2-1-5-13-11(10)14-12(16)18;4*1-2/h3-8,13,17,23H,9-12,22H2,1-2H3;1-2,5,8-9H,3-4,6-7H2,(H,13,14,18);4*1-2H3/b4-3-,14-6-;;;;;. The molecule has 2 unspecified atom stereocenters. The number of pyridine rings is 1. The van der Waals surface area contributed by atoms with Gasteiger partial charge in [-0.25, -0.2) is 18.6 Å². The monoisotopic (exact) mass is 715 g/mol. The number of aromatic amines is 1. The van der Waals surface area contributed by atoms with Crippen LogP contribution >= 0.6 is 0 Å². The van der Waals surface area contributed by atoms with Crippen molar-refractivity contribution in [3.8, 4) is 0 Å². The van der Waals surface area contributed by atoms with Crippen molar-refractivity contribution < 1.29 is 18.4 Å². The molecule has 0 aliphatic carbocycles. The maximum atomic E-state index is 14.2. The number of nitrogens with one attached hydrogen (secondary N) is 2. The summed E-state index contributed by atoms with van der Waals surface area (Å²) in [5.74, 6) is -2.04. The van der Waals surface area contributed by atoms with Gasteiger partial charge in [0.05, 0.1) is 18.1 Å². The summed E-state index contributed by atoms with van der Waals surface area (Å²) >= 11 is 0. The van der Waals surface area contributed by atoms with Gasteiger partial charge >= 0.3 is 5.69 Å². The van der Waals surface area contributed by atoms with Gasteiger partial charge in [0.15, 0.2) is 17.3 Å². The van der Waals surface area contributed by atoms with Crippen LogP contribution in [0.2, 0.25) is 0 Å². The number of halogens is 2. The molecular weight excluding hydrogens is 652 g/mol. The summed E-state index contributed by atoms with van der Waals surface area (Å²) in [6.07, 6.45) is 10.7. The van der Waals surface area contributed by atoms with Crippen molar-refractivity contribution in [2.24, 2.45) is 5.73 Å². The van der Waals surface area contributed by atoms with Crippen LogP contribution in [0.15, 0.2) is 65.2 Å². The first-order valence-corrected chi connectivity index (χ1v) is 18.5. The summed E-state index contributed by atoms with van der Waals surface area (Å²) in [5.41, 5.74) is 8.19. The van der Waals surface area contributed by atoms with E-state index in [0.29, 0.717) is 49.4 Å². The van der Waals surface area contributed by atoms with Crippen LogP contribution in [0, 0.1) is 11.6 Å². The molecule has 12 heteroatoms. The third-order valence-electron chi connectivity index (χ3n) is 8.00. The second-order valence-electron chi connectivity index (χ2n) is 10.8. The van der Waals surface area contributed by atoms with Gasteiger partial charge in [0.1, 0.15) is 0 Å². The Morgan fingerprint density at radius 2 is 1.63 bits per heavy atom. The number of nitrogens with two attached hydrogens (primary N) is 1. The molecule has 2 atom stereocenters. The Hall–Kier alpha value is -4.32. The van der Waals surface area contributed by atoms with Crippen LogP contribution < -0.4 is 16.7 Å². The number of allylic oxidation sites excluding steroid dienone is 3. The highest BCUT2D eigenvalue weighted by Gasteiger charge is 2.32. The van der Waals surface area contributed by atoms with Crippen LogP contribution in [0.3, 0.4) is 0 Å². The highest BCUT2D eigenvalue weighted by Crippen LogP contribution is 2.30. The van der Waals surface area contributed by atoms with Gasteiger partial charge < -0.3 is 20.9 Å². The van der Waals surface area contributed by atoms with Gasteiger partial charge in [-0.1, -0.05) is 79.7 Å². The minimum atomic E-state index is -0.864. The van der Waals surface area contributed by atoms with E-state index < -0.39 is 11.6 Å². The highest BCUT2D eigenvalue weighted by atomic mass is 19.2. The minimum absolute atomic E-state index is 0.0707. The first kappa shape index (κ1) is 46.7. The van der Waals surface area contributed by atoms with E-state index in [1.165, 1.54) is 6.07 Å². The first-order valence-electron chi connectivity index (χ1n) is 18.5. The van der Waals surface area contributed by atoms with Crippen molar-refractivity contribution in [3.63, 3.8) is 0 Å². The molecule has 2 saturated heterocycles. The molecule has 1 aromatic carbocycles. The molecule has 0 radical (unpaired) electrons. The highest BCUT2D eigenvalue weighted by molar-refractivity contribution is 5.82. The van der Waals surface area contributed by atoms with Crippen molar-refractivity contribution in [2.45, 2.75) is 106 Å². The Morgan fingerprint density at radius 3 is 2.22 bits per heavy atom. The third-order valence-corrected chi connectivity index (χ3v) is 8.00. The fourth-order valence-electron chi connectivity index (χ4n) is 5.72. The predicted octanol–water partition coefficient (Wildman–Crippen LogP) is 7.30. The molecule has 0 saturated carbocycles. The Morgan fingerprint density at radius 1 is 0.980 bits per heavy atom. The second-order valence-corrected chi connectivity index (χ2v) is 10.8. The molecule has 5 rings (SSSR count). The van der Waals surface area contributed by atoms with Gasteiger partial charge in [-0.2, -0.15) is 0 Å². The second kappa shape index (κ2) is 26.5. The fraction of sp³-hybridized carbons (Fsp3) is 0.538. The average molecular weight is 716 g/mol. The molecule has 3 aromatic rings. The smallest absolute Gasteiger partial charge is 0.327 e. The lowest BCUT2D eigenvalue weighted by Crippen LogP contribution is -2.45. The number of rotatable bonds is 7. The van der Waals surface area contributed by atoms with E-state index in [-0.39, 0.29) is 36.1 Å². The molecule has 2 aromatic heterocycles. The Bertz CT molecular complexity index is 1530. The number of aromatic nitrogens is 3.